The van der Waals surface area contributed by atoms with Crippen molar-refractivity contribution in [2.24, 2.45) is 0 Å². The minimum absolute atomic E-state index is 0.542. The number of benzene rings is 1. The molecule has 0 saturated heterocycles. The molecule has 0 fully saturated rings. The van der Waals surface area contributed by atoms with E-state index in [-0.39, 0.29) is 0 Å². The topological polar surface area (TPSA) is 39.1 Å². The molecule has 0 saturated carbocycles. The summed E-state index contributed by atoms with van der Waals surface area (Å²) in [4.78, 5) is 4.71. The molecule has 4 rings (SSSR count). The van der Waals surface area contributed by atoms with Crippen molar-refractivity contribution >= 4 is 0 Å². The molecule has 0 radical (unpaired) electrons. The summed E-state index contributed by atoms with van der Waals surface area (Å²) in [6, 6.07) is 6.56. The van der Waals surface area contributed by atoms with Gasteiger partial charge in [-0.15, -0.1) is 0 Å². The molecule has 116 valence electrons. The van der Waals surface area contributed by atoms with Crippen molar-refractivity contribution in [1.82, 2.24) is 14.9 Å². The average Bonchev–Trinajstić information content (AvgIpc) is 3.12. The van der Waals surface area contributed by atoms with E-state index in [1.54, 1.807) is 0 Å². The Hall–Kier alpha value is -1.81. The highest BCUT2D eigenvalue weighted by Crippen LogP contribution is 2.27. The highest BCUT2D eigenvalue weighted by atomic mass is 16.5. The number of hydrogen-bond acceptors (Lipinski definition) is 3. The number of nitrogens with one attached hydrogen (secondary N) is 1. The van der Waals surface area contributed by atoms with Gasteiger partial charge in [0, 0.05) is 38.2 Å². The van der Waals surface area contributed by atoms with E-state index in [2.05, 4.69) is 41.2 Å². The molecule has 4 nitrogen and oxygen atoms in total. The summed E-state index contributed by atoms with van der Waals surface area (Å²) in [5, 5.41) is 3.62. The van der Waals surface area contributed by atoms with Gasteiger partial charge in [-0.3, -0.25) is 0 Å². The molecule has 1 N–H and O–H groups in total. The van der Waals surface area contributed by atoms with E-state index in [1.807, 2.05) is 0 Å². The molecule has 1 unspecified atom stereocenters. The molecular weight excluding hydrogens is 274 g/mol. The Labute approximate surface area is 131 Å². The molecule has 22 heavy (non-hydrogen) atoms. The zero-order valence-corrected chi connectivity index (χ0v) is 13.1. The van der Waals surface area contributed by atoms with E-state index < -0.39 is 0 Å². The van der Waals surface area contributed by atoms with Crippen LogP contribution in [0.3, 0.4) is 0 Å². The molecule has 1 aromatic carbocycles. The number of ether oxygens (including phenoxy) is 1. The number of aromatic nitrogens is 2. The predicted molar refractivity (Wildman–Crippen MR) is 86.3 cm³/mol. The van der Waals surface area contributed by atoms with E-state index >= 15 is 0 Å². The van der Waals surface area contributed by atoms with Gasteiger partial charge in [-0.25, -0.2) is 4.98 Å². The van der Waals surface area contributed by atoms with Gasteiger partial charge < -0.3 is 14.6 Å². The van der Waals surface area contributed by atoms with E-state index in [4.69, 9.17) is 9.72 Å². The second kappa shape index (κ2) is 5.76. The average molecular weight is 297 g/mol. The third kappa shape index (κ3) is 2.63. The fourth-order valence-electron chi connectivity index (χ4n) is 3.64. The highest BCUT2D eigenvalue weighted by Gasteiger charge is 2.22. The molecule has 1 atom stereocenters. The van der Waals surface area contributed by atoms with Crippen LogP contribution in [-0.4, -0.2) is 22.7 Å². The van der Waals surface area contributed by atoms with Gasteiger partial charge in [0.1, 0.15) is 11.6 Å². The Morgan fingerprint density at radius 2 is 2.36 bits per heavy atom. The summed E-state index contributed by atoms with van der Waals surface area (Å²) in [7, 11) is 0. The summed E-state index contributed by atoms with van der Waals surface area (Å²) >= 11 is 0. The monoisotopic (exact) mass is 297 g/mol. The first-order valence-corrected chi connectivity index (χ1v) is 8.28. The van der Waals surface area contributed by atoms with Gasteiger partial charge in [0.15, 0.2) is 0 Å². The number of aryl methyl sites for hydroxylation is 2. The van der Waals surface area contributed by atoms with E-state index in [0.717, 1.165) is 44.1 Å². The third-order valence-corrected chi connectivity index (χ3v) is 4.72. The fraction of sp³-hybridized carbons (Fsp3) is 0.500. The molecule has 0 aliphatic carbocycles. The summed E-state index contributed by atoms with van der Waals surface area (Å²) < 4.78 is 7.89. The molecular formula is C18H23N3O. The van der Waals surface area contributed by atoms with Crippen molar-refractivity contribution < 1.29 is 4.74 Å². The second-order valence-corrected chi connectivity index (χ2v) is 6.44. The molecule has 4 heteroatoms. The van der Waals surface area contributed by atoms with Crippen LogP contribution < -0.4 is 10.1 Å². The first kappa shape index (κ1) is 13.8. The van der Waals surface area contributed by atoms with Crippen LogP contribution in [0.1, 0.15) is 41.4 Å². The summed E-state index contributed by atoms with van der Waals surface area (Å²) in [6.45, 7) is 5.96. The first-order valence-electron chi connectivity index (χ1n) is 8.28. The van der Waals surface area contributed by atoms with Crippen molar-refractivity contribution in [3.8, 4) is 5.75 Å². The van der Waals surface area contributed by atoms with Gasteiger partial charge in [-0.1, -0.05) is 12.1 Å². The van der Waals surface area contributed by atoms with E-state index in [1.165, 1.54) is 29.8 Å². The van der Waals surface area contributed by atoms with Crippen LogP contribution in [0.5, 0.6) is 5.75 Å². The predicted octanol–water partition coefficient (Wildman–Crippen LogP) is 2.79. The van der Waals surface area contributed by atoms with Gasteiger partial charge in [-0.2, -0.15) is 0 Å². The van der Waals surface area contributed by atoms with Gasteiger partial charge in [0.25, 0.3) is 0 Å². The van der Waals surface area contributed by atoms with Crippen molar-refractivity contribution in [3.63, 3.8) is 0 Å². The van der Waals surface area contributed by atoms with Gasteiger partial charge in [-0.05, 0) is 37.0 Å². The van der Waals surface area contributed by atoms with Crippen LogP contribution in [0.4, 0.5) is 0 Å². The van der Waals surface area contributed by atoms with Crippen molar-refractivity contribution in [1.29, 1.82) is 0 Å². The summed E-state index contributed by atoms with van der Waals surface area (Å²) in [5.74, 6) is 2.87. The molecule has 1 aromatic heterocycles. The normalized spacial score (nSPS) is 19.6. The zero-order chi connectivity index (χ0) is 14.9. The number of hydrogen-bond donors (Lipinski definition) is 1. The fourth-order valence-corrected chi connectivity index (χ4v) is 3.64. The van der Waals surface area contributed by atoms with Crippen LogP contribution >= 0.6 is 0 Å². The number of rotatable bonds is 4. The van der Waals surface area contributed by atoms with Crippen LogP contribution in [0.25, 0.3) is 0 Å². The maximum Gasteiger partial charge on any atom is 0.122 e. The lowest BCUT2D eigenvalue weighted by Gasteiger charge is -2.23. The Balaban J connectivity index is 1.37. The molecule has 3 heterocycles. The first-order chi connectivity index (χ1) is 10.8. The van der Waals surface area contributed by atoms with Crippen molar-refractivity contribution in [2.75, 3.05) is 13.2 Å². The maximum absolute atomic E-state index is 5.56. The number of fused-ring (bicyclic) bond motifs is 2. The lowest BCUT2D eigenvalue weighted by Crippen LogP contribution is -2.26. The van der Waals surface area contributed by atoms with E-state index in [9.17, 15) is 0 Å². The molecule has 2 aromatic rings. The van der Waals surface area contributed by atoms with Crippen molar-refractivity contribution in [2.45, 2.75) is 45.2 Å². The zero-order valence-electron chi connectivity index (χ0n) is 13.1. The quantitative estimate of drug-likeness (QED) is 0.943. The van der Waals surface area contributed by atoms with E-state index in [0.29, 0.717) is 5.92 Å². The molecule has 2 aliphatic rings. The molecule has 2 aliphatic heterocycles. The Bertz CT molecular complexity index is 677. The minimum atomic E-state index is 0.542. The number of imidazole rings is 1. The maximum atomic E-state index is 5.56. The minimum Gasteiger partial charge on any atom is -0.493 e. The largest absolute Gasteiger partial charge is 0.493 e. The molecule has 0 bridgehead atoms. The lowest BCUT2D eigenvalue weighted by molar-refractivity contribution is 0.357. The Morgan fingerprint density at radius 3 is 3.32 bits per heavy atom. The van der Waals surface area contributed by atoms with Crippen molar-refractivity contribution in [3.05, 3.63) is 47.0 Å². The third-order valence-electron chi connectivity index (χ3n) is 4.72. The lowest BCUT2D eigenvalue weighted by atomic mass is 9.99. The number of nitrogens with zero attached hydrogens (tertiary/aromatic N) is 2. The van der Waals surface area contributed by atoms with Crippen LogP contribution in [-0.2, 0) is 19.5 Å². The molecule has 0 amide bonds. The summed E-state index contributed by atoms with van der Waals surface area (Å²) in [6.07, 6.45) is 5.72. The summed E-state index contributed by atoms with van der Waals surface area (Å²) in [5.41, 5.74) is 3.84. The highest BCUT2D eigenvalue weighted by molar-refractivity contribution is 5.39. The standard InChI is InChI=1S/C18H23N3O/c1-13-12-21-7-2-3-16(18(21)20-13)11-19-10-14-4-5-17-15(9-14)6-8-22-17/h4-5,9,12,16,19H,2-3,6-8,10-11H2,1H3. The van der Waals surface area contributed by atoms with Gasteiger partial charge in [0.05, 0.1) is 12.3 Å². The van der Waals surface area contributed by atoms with Crippen LogP contribution in [0.2, 0.25) is 0 Å². The van der Waals surface area contributed by atoms with Crippen LogP contribution in [0, 0.1) is 6.92 Å². The second-order valence-electron chi connectivity index (χ2n) is 6.44. The Morgan fingerprint density at radius 1 is 1.41 bits per heavy atom. The smallest absolute Gasteiger partial charge is 0.122 e. The Kier molecular flexibility index (Phi) is 3.62. The molecule has 0 spiro atoms. The van der Waals surface area contributed by atoms with Gasteiger partial charge >= 0.3 is 0 Å². The van der Waals surface area contributed by atoms with Crippen LogP contribution in [0.15, 0.2) is 24.4 Å². The van der Waals surface area contributed by atoms with Gasteiger partial charge in [0.2, 0.25) is 0 Å². The SMILES string of the molecule is Cc1cn2c(n1)C(CNCc1ccc3c(c1)CCO3)CCC2.